The Morgan fingerprint density at radius 2 is 0.545 bits per heavy atom. The molecule has 66 heavy (non-hydrogen) atoms. The molecule has 8 heteroatoms. The summed E-state index contributed by atoms with van der Waals surface area (Å²) in [6.07, 6.45) is 0. The summed E-state index contributed by atoms with van der Waals surface area (Å²) >= 11 is 0. The van der Waals surface area contributed by atoms with E-state index >= 15 is 0 Å². The minimum Gasteiger partial charge on any atom is -0.458 e. The van der Waals surface area contributed by atoms with Gasteiger partial charge in [-0.3, -0.25) is 0 Å². The second-order valence-corrected chi connectivity index (χ2v) is 24.4. The smallest absolute Gasteiger partial charge is 0.196 e. The Morgan fingerprint density at radius 1 is 0.242 bits per heavy atom. The van der Waals surface area contributed by atoms with Gasteiger partial charge < -0.3 is 18.9 Å². The molecule has 0 saturated carbocycles. The third-order valence-corrected chi connectivity index (χ3v) is 23.5. The van der Waals surface area contributed by atoms with Crippen LogP contribution < -0.4 is 60.4 Å². The normalized spacial score (nSPS) is 14.5. The molecule has 0 N–H and O–H groups in total. The molecule has 0 amide bonds. The first kappa shape index (κ1) is 37.1. The van der Waals surface area contributed by atoms with Gasteiger partial charge in [0, 0.05) is 16.7 Å². The van der Waals surface area contributed by atoms with Gasteiger partial charge in [-0.1, -0.05) is 140 Å². The summed E-state index contributed by atoms with van der Waals surface area (Å²) in [7, 11) is -6.03. The highest BCUT2D eigenvalue weighted by Gasteiger charge is 2.54. The summed E-state index contributed by atoms with van der Waals surface area (Å²) < 4.78 is 27.0. The van der Waals surface area contributed by atoms with E-state index in [-0.39, 0.29) is 0 Å². The highest BCUT2D eigenvalue weighted by atomic mass is 28.3. The van der Waals surface area contributed by atoms with Crippen LogP contribution in [0, 0.1) is 0 Å². The van der Waals surface area contributed by atoms with Gasteiger partial charge in [0.2, 0.25) is 0 Å². The molecule has 14 rings (SSSR count). The molecule has 5 heterocycles. The third kappa shape index (κ3) is 5.16. The Hall–Kier alpha value is -8.31. The van der Waals surface area contributed by atoms with E-state index in [9.17, 15) is 0 Å². The standard InChI is InChI=1S/C58H36N2O4Si2/c1-2-16-37(17-3-1)40-36-41(38-30-32-48-56(34-38)65(54-28-14-8-22-46(54)63-48)50-24-10-4-18-42(50)61-43-19-5-11-25-51(43)65)60-58(59-40)39-31-33-49-57(35-39)66(55-29-15-9-23-47(55)64-49)52-26-12-6-20-44(52)62-45-21-7-13-27-53(45)66/h1-36H. The average molecular weight is 881 g/mol. The molecule has 0 unspecified atom stereocenters. The number of ether oxygens (including phenoxy) is 4. The minimum atomic E-state index is -3.02. The highest BCUT2D eigenvalue weighted by Crippen LogP contribution is 2.40. The fraction of sp³-hybridized carbons (Fsp3) is 0. The summed E-state index contributed by atoms with van der Waals surface area (Å²) in [4.78, 5) is 10.9. The lowest BCUT2D eigenvalue weighted by molar-refractivity contribution is 0.481. The molecule has 1 aromatic heterocycles. The predicted molar refractivity (Wildman–Crippen MR) is 266 cm³/mol. The molecule has 4 aliphatic rings. The van der Waals surface area contributed by atoms with Gasteiger partial charge in [0.05, 0.1) is 11.4 Å². The number of benzene rings is 9. The van der Waals surface area contributed by atoms with Crippen molar-refractivity contribution >= 4 is 57.6 Å². The molecule has 0 saturated heterocycles. The molecule has 0 fully saturated rings. The molecular formula is C58H36N2O4Si2. The van der Waals surface area contributed by atoms with E-state index in [1.54, 1.807) is 0 Å². The van der Waals surface area contributed by atoms with Gasteiger partial charge in [-0.25, -0.2) is 9.97 Å². The summed E-state index contributed by atoms with van der Waals surface area (Å²) in [5.41, 5.74) is 4.52. The van der Waals surface area contributed by atoms with Crippen LogP contribution in [0.4, 0.5) is 0 Å². The summed E-state index contributed by atoms with van der Waals surface area (Å²) in [6.45, 7) is 0. The van der Waals surface area contributed by atoms with Gasteiger partial charge in [0.1, 0.15) is 46.0 Å². The van der Waals surface area contributed by atoms with Crippen LogP contribution in [0.15, 0.2) is 218 Å². The van der Waals surface area contributed by atoms with Crippen molar-refractivity contribution in [2.45, 2.75) is 0 Å². The molecule has 310 valence electrons. The van der Waals surface area contributed by atoms with Crippen LogP contribution in [0.2, 0.25) is 0 Å². The molecule has 10 aromatic rings. The largest absolute Gasteiger partial charge is 0.458 e. The second kappa shape index (κ2) is 14.1. The Bertz CT molecular complexity index is 3230. The number of nitrogens with zero attached hydrogens (tertiary/aromatic N) is 2. The Labute approximate surface area is 383 Å². The van der Waals surface area contributed by atoms with Crippen molar-refractivity contribution in [3.8, 4) is 79.9 Å². The fourth-order valence-corrected chi connectivity index (χ4v) is 21.3. The van der Waals surface area contributed by atoms with Gasteiger partial charge in [0.25, 0.3) is 0 Å². The van der Waals surface area contributed by atoms with Gasteiger partial charge in [-0.2, -0.15) is 0 Å². The first-order valence-electron chi connectivity index (χ1n) is 22.2. The highest BCUT2D eigenvalue weighted by molar-refractivity contribution is 7.22. The maximum absolute atomic E-state index is 6.84. The van der Waals surface area contributed by atoms with E-state index in [1.165, 1.54) is 31.1 Å². The molecule has 6 nitrogen and oxygen atoms in total. The average Bonchev–Trinajstić information content (AvgIpc) is 3.38. The van der Waals surface area contributed by atoms with Crippen molar-refractivity contribution in [1.82, 2.24) is 9.97 Å². The van der Waals surface area contributed by atoms with Crippen molar-refractivity contribution in [3.05, 3.63) is 218 Å². The lowest BCUT2D eigenvalue weighted by Crippen LogP contribution is -2.77. The van der Waals surface area contributed by atoms with Crippen LogP contribution in [0.25, 0.3) is 33.9 Å². The summed E-state index contributed by atoms with van der Waals surface area (Å²) in [6, 6.07) is 76.7. The summed E-state index contributed by atoms with van der Waals surface area (Å²) in [5, 5.41) is 9.42. The van der Waals surface area contributed by atoms with Gasteiger partial charge in [-0.05, 0) is 120 Å². The SMILES string of the molecule is c1ccc(-c2cc(-c3ccc4c(c3)[Si]3(c5ccccc5Oc5ccccc53)c3ccccc3O4)nc(-c3ccc4c(c3)[Si]3(c5ccccc5Oc5ccccc53)c3ccccc3O4)n2)cc1. The molecule has 0 aliphatic carbocycles. The summed E-state index contributed by atoms with van der Waals surface area (Å²) in [5.74, 6) is 7.54. The lowest BCUT2D eigenvalue weighted by atomic mass is 10.1. The van der Waals surface area contributed by atoms with E-state index in [0.29, 0.717) is 5.82 Å². The van der Waals surface area contributed by atoms with E-state index in [0.717, 1.165) is 84.4 Å². The molecule has 0 bridgehead atoms. The molecular weight excluding hydrogens is 845 g/mol. The van der Waals surface area contributed by atoms with Crippen LogP contribution >= 0.6 is 0 Å². The van der Waals surface area contributed by atoms with Crippen molar-refractivity contribution in [2.75, 3.05) is 0 Å². The van der Waals surface area contributed by atoms with Crippen molar-refractivity contribution < 1.29 is 18.9 Å². The van der Waals surface area contributed by atoms with Gasteiger partial charge in [-0.15, -0.1) is 0 Å². The maximum atomic E-state index is 6.84. The molecule has 9 aromatic carbocycles. The van der Waals surface area contributed by atoms with Gasteiger partial charge in [0.15, 0.2) is 22.0 Å². The Kier molecular flexibility index (Phi) is 7.92. The Balaban J connectivity index is 1.01. The minimum absolute atomic E-state index is 0.624. The van der Waals surface area contributed by atoms with E-state index in [1.807, 2.05) is 6.07 Å². The van der Waals surface area contributed by atoms with Crippen LogP contribution in [0.5, 0.6) is 46.0 Å². The number of para-hydroxylation sites is 6. The molecule has 0 atom stereocenters. The van der Waals surface area contributed by atoms with Crippen LogP contribution in [0.1, 0.15) is 0 Å². The van der Waals surface area contributed by atoms with Crippen molar-refractivity contribution in [1.29, 1.82) is 0 Å². The van der Waals surface area contributed by atoms with Crippen LogP contribution in [-0.4, -0.2) is 26.1 Å². The van der Waals surface area contributed by atoms with Crippen LogP contribution in [0.3, 0.4) is 0 Å². The predicted octanol–water partition coefficient (Wildman–Crippen LogP) is 8.66. The lowest BCUT2D eigenvalue weighted by Gasteiger charge is -2.43. The number of rotatable bonds is 3. The number of hydrogen-bond donors (Lipinski definition) is 0. The quantitative estimate of drug-likeness (QED) is 0.166. The first-order valence-corrected chi connectivity index (χ1v) is 26.2. The van der Waals surface area contributed by atoms with E-state index < -0.39 is 16.1 Å². The zero-order chi connectivity index (χ0) is 43.4. The molecule has 0 radical (unpaired) electrons. The zero-order valence-corrected chi connectivity index (χ0v) is 37.3. The monoisotopic (exact) mass is 880 g/mol. The Morgan fingerprint density at radius 3 is 0.939 bits per heavy atom. The van der Waals surface area contributed by atoms with E-state index in [2.05, 4.69) is 212 Å². The van der Waals surface area contributed by atoms with Crippen LogP contribution in [-0.2, 0) is 0 Å². The zero-order valence-electron chi connectivity index (χ0n) is 35.3. The number of aromatic nitrogens is 2. The number of fused-ring (bicyclic) bond motifs is 16. The number of hydrogen-bond acceptors (Lipinski definition) is 6. The second-order valence-electron chi connectivity index (χ2n) is 17.1. The van der Waals surface area contributed by atoms with Gasteiger partial charge >= 0.3 is 0 Å². The van der Waals surface area contributed by atoms with Crippen molar-refractivity contribution in [2.24, 2.45) is 0 Å². The van der Waals surface area contributed by atoms with Crippen molar-refractivity contribution in [3.63, 3.8) is 0 Å². The van der Waals surface area contributed by atoms with E-state index in [4.69, 9.17) is 28.9 Å². The topological polar surface area (TPSA) is 62.7 Å². The molecule has 2 spiro atoms. The maximum Gasteiger partial charge on any atom is 0.196 e. The fourth-order valence-electron chi connectivity index (χ4n) is 11.0. The third-order valence-electron chi connectivity index (χ3n) is 13.7. The molecule has 4 aliphatic heterocycles. The first-order chi connectivity index (χ1) is 32.7.